The molecule has 0 aliphatic carbocycles. The van der Waals surface area contributed by atoms with Crippen molar-refractivity contribution in [2.24, 2.45) is 10.9 Å². The zero-order chi connectivity index (χ0) is 18.4. The van der Waals surface area contributed by atoms with Gasteiger partial charge in [-0.1, -0.05) is 12.1 Å². The topological polar surface area (TPSA) is 102 Å². The zero-order valence-electron chi connectivity index (χ0n) is 14.9. The SMILES string of the molecule is CCNC=NCCCNC(=O)C1CC(=O)N(c2n[nH]c3ccccc23)C1. The van der Waals surface area contributed by atoms with Crippen LogP contribution in [0, 0.1) is 5.92 Å². The van der Waals surface area contributed by atoms with Gasteiger partial charge in [0.15, 0.2) is 5.82 Å². The highest BCUT2D eigenvalue weighted by atomic mass is 16.2. The van der Waals surface area contributed by atoms with Crippen LogP contribution in [0.25, 0.3) is 10.9 Å². The third kappa shape index (κ3) is 4.01. The molecule has 3 N–H and O–H groups in total. The summed E-state index contributed by atoms with van der Waals surface area (Å²) in [6.45, 7) is 4.42. The van der Waals surface area contributed by atoms with Gasteiger partial charge in [-0.2, -0.15) is 5.10 Å². The summed E-state index contributed by atoms with van der Waals surface area (Å²) in [6.07, 6.45) is 2.66. The minimum absolute atomic E-state index is 0.0716. The summed E-state index contributed by atoms with van der Waals surface area (Å²) in [6, 6.07) is 7.65. The molecular formula is C18H24N6O2. The fraction of sp³-hybridized carbons (Fsp3) is 0.444. The Bertz CT molecular complexity index is 800. The number of nitrogens with zero attached hydrogens (tertiary/aromatic N) is 3. The van der Waals surface area contributed by atoms with E-state index in [-0.39, 0.29) is 24.2 Å². The number of benzene rings is 1. The molecular weight excluding hydrogens is 332 g/mol. The van der Waals surface area contributed by atoms with Crippen LogP contribution in [-0.4, -0.2) is 54.5 Å². The predicted molar refractivity (Wildman–Crippen MR) is 101 cm³/mol. The lowest BCUT2D eigenvalue weighted by Crippen LogP contribution is -2.33. The molecule has 0 radical (unpaired) electrons. The molecule has 1 fully saturated rings. The molecule has 8 nitrogen and oxygen atoms in total. The summed E-state index contributed by atoms with van der Waals surface area (Å²) in [7, 11) is 0. The third-order valence-corrected chi connectivity index (χ3v) is 4.35. The number of anilines is 1. The minimum atomic E-state index is -0.344. The Morgan fingerprint density at radius 1 is 1.46 bits per heavy atom. The molecule has 2 amide bonds. The number of rotatable bonds is 8. The normalized spacial score (nSPS) is 17.3. The van der Waals surface area contributed by atoms with E-state index in [0.29, 0.717) is 25.5 Å². The average Bonchev–Trinajstić information content (AvgIpc) is 3.24. The van der Waals surface area contributed by atoms with Gasteiger partial charge in [-0.15, -0.1) is 0 Å². The van der Waals surface area contributed by atoms with Gasteiger partial charge in [-0.25, -0.2) is 0 Å². The standard InChI is InChI=1S/C18H24N6O2/c1-2-19-12-20-8-5-9-21-18(26)13-10-16(25)24(11-13)17-14-6-3-4-7-15(14)22-23-17/h3-4,6-7,12-13H,2,5,8-11H2,1H3,(H,19,20)(H,21,26)(H,22,23). The number of para-hydroxylation sites is 1. The average molecular weight is 356 g/mol. The van der Waals surface area contributed by atoms with E-state index in [1.165, 1.54) is 0 Å². The number of H-pyrrole nitrogens is 1. The molecule has 0 spiro atoms. The molecule has 2 aromatic rings. The number of fused-ring (bicyclic) bond motifs is 1. The monoisotopic (exact) mass is 356 g/mol. The van der Waals surface area contributed by atoms with E-state index in [4.69, 9.17) is 0 Å². The van der Waals surface area contributed by atoms with E-state index < -0.39 is 0 Å². The maximum absolute atomic E-state index is 12.4. The Labute approximate surface area is 152 Å². The Kier molecular flexibility index (Phi) is 5.83. The second kappa shape index (κ2) is 8.46. The summed E-state index contributed by atoms with van der Waals surface area (Å²) in [4.78, 5) is 30.5. The maximum Gasteiger partial charge on any atom is 0.229 e. The number of hydrogen-bond donors (Lipinski definition) is 3. The number of aliphatic imine (C=N–C) groups is 1. The molecule has 1 aromatic carbocycles. The van der Waals surface area contributed by atoms with Crippen LogP contribution in [0.5, 0.6) is 0 Å². The van der Waals surface area contributed by atoms with Crippen molar-refractivity contribution in [3.8, 4) is 0 Å². The maximum atomic E-state index is 12.4. The molecule has 8 heteroatoms. The van der Waals surface area contributed by atoms with Crippen molar-refractivity contribution in [3.05, 3.63) is 24.3 Å². The molecule has 1 unspecified atom stereocenters. The number of carbonyl (C=O) groups is 2. The smallest absolute Gasteiger partial charge is 0.229 e. The van der Waals surface area contributed by atoms with Crippen LogP contribution < -0.4 is 15.5 Å². The lowest BCUT2D eigenvalue weighted by atomic mass is 10.1. The van der Waals surface area contributed by atoms with Crippen molar-refractivity contribution in [2.75, 3.05) is 31.1 Å². The first-order valence-electron chi connectivity index (χ1n) is 8.93. The molecule has 138 valence electrons. The van der Waals surface area contributed by atoms with Crippen LogP contribution in [0.4, 0.5) is 5.82 Å². The van der Waals surface area contributed by atoms with E-state index in [1.54, 1.807) is 11.2 Å². The van der Waals surface area contributed by atoms with Gasteiger partial charge in [-0.05, 0) is 25.5 Å². The van der Waals surface area contributed by atoms with Crippen LogP contribution in [0.3, 0.4) is 0 Å². The summed E-state index contributed by atoms with van der Waals surface area (Å²) < 4.78 is 0. The molecule has 1 aliphatic heterocycles. The van der Waals surface area contributed by atoms with Crippen molar-refractivity contribution in [1.29, 1.82) is 0 Å². The van der Waals surface area contributed by atoms with Gasteiger partial charge >= 0.3 is 0 Å². The third-order valence-electron chi connectivity index (χ3n) is 4.35. The molecule has 1 aliphatic rings. The van der Waals surface area contributed by atoms with Gasteiger partial charge in [0, 0.05) is 38.0 Å². The second-order valence-corrected chi connectivity index (χ2v) is 6.24. The largest absolute Gasteiger partial charge is 0.377 e. The van der Waals surface area contributed by atoms with Gasteiger partial charge in [0.05, 0.1) is 17.8 Å². The predicted octanol–water partition coefficient (Wildman–Crippen LogP) is 1.06. The molecule has 0 saturated carbocycles. The van der Waals surface area contributed by atoms with Gasteiger partial charge < -0.3 is 10.6 Å². The molecule has 0 bridgehead atoms. The van der Waals surface area contributed by atoms with Crippen molar-refractivity contribution in [2.45, 2.75) is 19.8 Å². The first kappa shape index (κ1) is 17.9. The number of aromatic nitrogens is 2. The van der Waals surface area contributed by atoms with E-state index in [9.17, 15) is 9.59 Å². The van der Waals surface area contributed by atoms with E-state index in [2.05, 4.69) is 25.8 Å². The lowest BCUT2D eigenvalue weighted by molar-refractivity contribution is -0.126. The van der Waals surface area contributed by atoms with Crippen molar-refractivity contribution >= 4 is 34.9 Å². The Hall–Kier alpha value is -2.90. The van der Waals surface area contributed by atoms with Crippen LogP contribution in [0.15, 0.2) is 29.3 Å². The van der Waals surface area contributed by atoms with Gasteiger partial charge in [0.1, 0.15) is 0 Å². The summed E-state index contributed by atoms with van der Waals surface area (Å²) in [5.74, 6) is 0.0934. The number of carbonyl (C=O) groups excluding carboxylic acids is 2. The first-order valence-corrected chi connectivity index (χ1v) is 8.93. The number of amides is 2. The Morgan fingerprint density at radius 2 is 2.31 bits per heavy atom. The molecule has 3 rings (SSSR count). The molecule has 2 heterocycles. The fourth-order valence-electron chi connectivity index (χ4n) is 2.99. The quantitative estimate of drug-likeness (QED) is 0.374. The number of aromatic amines is 1. The summed E-state index contributed by atoms with van der Waals surface area (Å²) in [5, 5.41) is 14.0. The molecule has 26 heavy (non-hydrogen) atoms. The Morgan fingerprint density at radius 3 is 3.15 bits per heavy atom. The number of hydrogen-bond acceptors (Lipinski definition) is 4. The highest BCUT2D eigenvalue weighted by Crippen LogP contribution is 2.29. The van der Waals surface area contributed by atoms with Crippen molar-refractivity contribution in [1.82, 2.24) is 20.8 Å². The minimum Gasteiger partial charge on any atom is -0.377 e. The van der Waals surface area contributed by atoms with Crippen LogP contribution in [0.2, 0.25) is 0 Å². The first-order chi connectivity index (χ1) is 12.7. The van der Waals surface area contributed by atoms with E-state index in [1.807, 2.05) is 31.2 Å². The van der Waals surface area contributed by atoms with E-state index in [0.717, 1.165) is 23.9 Å². The van der Waals surface area contributed by atoms with Crippen molar-refractivity contribution < 1.29 is 9.59 Å². The highest BCUT2D eigenvalue weighted by molar-refractivity contribution is 6.05. The van der Waals surface area contributed by atoms with E-state index >= 15 is 0 Å². The second-order valence-electron chi connectivity index (χ2n) is 6.24. The van der Waals surface area contributed by atoms with Crippen LogP contribution in [0.1, 0.15) is 19.8 Å². The molecule has 1 saturated heterocycles. The van der Waals surface area contributed by atoms with Gasteiger partial charge in [-0.3, -0.25) is 24.6 Å². The summed E-state index contributed by atoms with van der Waals surface area (Å²) >= 11 is 0. The molecule has 1 atom stereocenters. The Balaban J connectivity index is 1.52. The highest BCUT2D eigenvalue weighted by Gasteiger charge is 2.36. The van der Waals surface area contributed by atoms with Crippen LogP contribution >= 0.6 is 0 Å². The zero-order valence-corrected chi connectivity index (χ0v) is 14.9. The van der Waals surface area contributed by atoms with Gasteiger partial charge in [0.25, 0.3) is 0 Å². The van der Waals surface area contributed by atoms with Crippen molar-refractivity contribution in [3.63, 3.8) is 0 Å². The van der Waals surface area contributed by atoms with Gasteiger partial charge in [0.2, 0.25) is 11.8 Å². The van der Waals surface area contributed by atoms with Crippen LogP contribution in [-0.2, 0) is 9.59 Å². The summed E-state index contributed by atoms with van der Waals surface area (Å²) in [5.41, 5.74) is 0.876. The lowest BCUT2D eigenvalue weighted by Gasteiger charge is -2.14. The fourth-order valence-corrected chi connectivity index (χ4v) is 2.99. The molecule has 1 aromatic heterocycles. The number of nitrogens with one attached hydrogen (secondary N) is 3.